The van der Waals surface area contributed by atoms with Gasteiger partial charge in [0.15, 0.2) is 6.10 Å². The van der Waals surface area contributed by atoms with Gasteiger partial charge in [-0.15, -0.1) is 0 Å². The van der Waals surface area contributed by atoms with Crippen LogP contribution in [0.15, 0.2) is 60.8 Å². The van der Waals surface area contributed by atoms with E-state index in [4.69, 9.17) is 19.3 Å². The van der Waals surface area contributed by atoms with Gasteiger partial charge in [-0.2, -0.15) is 0 Å². The zero-order valence-corrected chi connectivity index (χ0v) is 31.4. The highest BCUT2D eigenvalue weighted by atomic mass is 31.2. The molecular formula is C38H65O11P. The van der Waals surface area contributed by atoms with E-state index in [1.165, 1.54) is 44.6 Å². The van der Waals surface area contributed by atoms with Crippen molar-refractivity contribution in [1.82, 2.24) is 0 Å². The number of unbranched alkanes of at least 4 members (excludes halogenated alkanes) is 8. The van der Waals surface area contributed by atoms with E-state index in [1.54, 1.807) is 42.5 Å². The Morgan fingerprint density at radius 1 is 0.680 bits per heavy atom. The highest BCUT2D eigenvalue weighted by molar-refractivity contribution is 7.46. The molecule has 0 aliphatic carbocycles. The zero-order valence-electron chi connectivity index (χ0n) is 30.5. The first-order valence-electron chi connectivity index (χ1n) is 18.3. The second-order valence-corrected chi connectivity index (χ2v) is 14.1. The summed E-state index contributed by atoms with van der Waals surface area (Å²) in [6.45, 7) is 5.44. The highest BCUT2D eigenvalue weighted by Crippen LogP contribution is 2.36. The Kier molecular flexibility index (Phi) is 29.9. The average Bonchev–Trinajstić information content (AvgIpc) is 3.05. The van der Waals surface area contributed by atoms with E-state index in [9.17, 15) is 29.5 Å². The fourth-order valence-electron chi connectivity index (χ4n) is 4.72. The van der Waals surface area contributed by atoms with Gasteiger partial charge < -0.3 is 34.6 Å². The van der Waals surface area contributed by atoms with Crippen LogP contribution in [0.3, 0.4) is 0 Å². The molecule has 0 aliphatic rings. The molecule has 5 N–H and O–H groups in total. The number of allylic oxidation sites excluding steroid dienone is 7. The smallest absolute Gasteiger partial charge is 0.462 e. The molecule has 0 aliphatic heterocycles. The number of rotatable bonds is 31. The van der Waals surface area contributed by atoms with Gasteiger partial charge in [0.2, 0.25) is 0 Å². The molecule has 0 fully saturated rings. The number of carbonyl (C=O) groups is 2. The molecule has 0 unspecified atom stereocenters. The van der Waals surface area contributed by atoms with E-state index in [1.807, 2.05) is 19.1 Å². The third-order valence-corrected chi connectivity index (χ3v) is 8.06. The van der Waals surface area contributed by atoms with E-state index in [0.717, 1.165) is 31.6 Å². The average molecular weight is 729 g/mol. The number of ether oxygens (including phenoxy) is 2. The number of phosphoric ester groups is 1. The fraction of sp³-hybridized carbons (Fsp3) is 0.684. The SMILES string of the molecule is CC/C=C\C[C@@H](O)/C=C/C=C/C=C\C=C/[C@H](O)[C@@H](O)CCCC(=O)OC[C@H](COP(=O)(O)O)OC(=O)CCCCCCCCCCCC(C)C. The number of hydrogen-bond acceptors (Lipinski definition) is 9. The van der Waals surface area contributed by atoms with Crippen molar-refractivity contribution in [2.45, 2.75) is 148 Å². The summed E-state index contributed by atoms with van der Waals surface area (Å²) in [5.74, 6) is -0.465. The van der Waals surface area contributed by atoms with Crippen molar-refractivity contribution in [3.05, 3.63) is 60.8 Å². The van der Waals surface area contributed by atoms with Crippen LogP contribution < -0.4 is 0 Å². The van der Waals surface area contributed by atoms with Crippen LogP contribution in [0, 0.1) is 5.92 Å². The lowest BCUT2D eigenvalue weighted by molar-refractivity contribution is -0.161. The third kappa shape index (κ3) is 32.8. The zero-order chi connectivity index (χ0) is 37.5. The van der Waals surface area contributed by atoms with Crippen molar-refractivity contribution < 1.29 is 53.3 Å². The molecule has 0 saturated heterocycles. The Labute approximate surface area is 300 Å². The lowest BCUT2D eigenvalue weighted by Crippen LogP contribution is -2.29. The minimum atomic E-state index is -4.83. The van der Waals surface area contributed by atoms with Crippen molar-refractivity contribution >= 4 is 19.8 Å². The molecule has 0 rings (SSSR count). The first-order valence-corrected chi connectivity index (χ1v) is 19.8. The Morgan fingerprint density at radius 3 is 1.84 bits per heavy atom. The molecular weight excluding hydrogens is 663 g/mol. The van der Waals surface area contributed by atoms with Crippen molar-refractivity contribution in [3.63, 3.8) is 0 Å². The Bertz CT molecular complexity index is 1060. The van der Waals surface area contributed by atoms with Crippen LogP contribution in [0.2, 0.25) is 0 Å². The normalized spacial score (nSPS) is 15.2. The van der Waals surface area contributed by atoms with Crippen molar-refractivity contribution in [1.29, 1.82) is 0 Å². The molecule has 50 heavy (non-hydrogen) atoms. The summed E-state index contributed by atoms with van der Waals surface area (Å²) in [6, 6.07) is 0. The fourth-order valence-corrected chi connectivity index (χ4v) is 5.08. The summed E-state index contributed by atoms with van der Waals surface area (Å²) in [5.41, 5.74) is 0. The van der Waals surface area contributed by atoms with Gasteiger partial charge in [-0.1, -0.05) is 139 Å². The maximum Gasteiger partial charge on any atom is 0.469 e. The summed E-state index contributed by atoms with van der Waals surface area (Å²) in [5, 5.41) is 30.1. The van der Waals surface area contributed by atoms with Crippen LogP contribution in [-0.2, 0) is 28.2 Å². The van der Waals surface area contributed by atoms with E-state index in [2.05, 4.69) is 18.4 Å². The molecule has 12 heteroatoms. The molecule has 288 valence electrons. The lowest BCUT2D eigenvalue weighted by Gasteiger charge is -2.18. The molecule has 0 radical (unpaired) electrons. The van der Waals surface area contributed by atoms with Gasteiger partial charge >= 0.3 is 19.8 Å². The molecule has 0 aromatic heterocycles. The predicted octanol–water partition coefficient (Wildman–Crippen LogP) is 7.33. The Balaban J connectivity index is 4.37. The maximum atomic E-state index is 12.3. The van der Waals surface area contributed by atoms with Crippen LogP contribution in [0.25, 0.3) is 0 Å². The Hall–Kier alpha value is -2.37. The van der Waals surface area contributed by atoms with Gasteiger partial charge in [0, 0.05) is 12.8 Å². The molecule has 11 nitrogen and oxygen atoms in total. The van der Waals surface area contributed by atoms with Crippen molar-refractivity contribution in [2.75, 3.05) is 13.2 Å². The number of hydrogen-bond donors (Lipinski definition) is 5. The van der Waals surface area contributed by atoms with Crippen LogP contribution >= 0.6 is 7.82 Å². The predicted molar refractivity (Wildman–Crippen MR) is 197 cm³/mol. The van der Waals surface area contributed by atoms with E-state index in [0.29, 0.717) is 12.8 Å². The van der Waals surface area contributed by atoms with Crippen LogP contribution in [0.4, 0.5) is 0 Å². The molecule has 4 atom stereocenters. The standard InChI is InChI=1S/C38H65O11P/c1-4-5-17-24-33(39)25-19-14-11-12-15-20-26-35(40)36(41)27-22-29-37(42)47-30-34(31-48-50(44,45)46)49-38(43)28-21-16-10-8-6-7-9-13-18-23-32(2)3/h5,11-12,14-15,17,19-20,25-26,32-36,39-41H,4,6-10,13,16,18,21-24,27-31H2,1-3H3,(H2,44,45,46)/b14-11+,15-12-,17-5-,25-19+,26-20-/t33-,34-,35+,36+/m1/s1. The number of aliphatic hydroxyl groups is 3. The third-order valence-electron chi connectivity index (χ3n) is 7.57. The van der Waals surface area contributed by atoms with Gasteiger partial charge in [0.25, 0.3) is 0 Å². The first-order chi connectivity index (χ1) is 23.8. The first kappa shape index (κ1) is 47.6. The van der Waals surface area contributed by atoms with Crippen LogP contribution in [0.1, 0.15) is 124 Å². The second-order valence-electron chi connectivity index (χ2n) is 12.9. The van der Waals surface area contributed by atoms with E-state index < -0.39 is 57.4 Å². The summed E-state index contributed by atoms with van der Waals surface area (Å²) < 4.78 is 26.1. The van der Waals surface area contributed by atoms with E-state index >= 15 is 0 Å². The second kappa shape index (κ2) is 31.4. The largest absolute Gasteiger partial charge is 0.469 e. The van der Waals surface area contributed by atoms with Gasteiger partial charge in [0.05, 0.1) is 24.9 Å². The van der Waals surface area contributed by atoms with Crippen molar-refractivity contribution in [3.8, 4) is 0 Å². The summed E-state index contributed by atoms with van der Waals surface area (Å²) in [6.07, 6.45) is 26.3. The number of esters is 2. The number of aliphatic hydroxyl groups excluding tert-OH is 3. The van der Waals surface area contributed by atoms with Gasteiger partial charge in [-0.05, 0) is 38.0 Å². The molecule has 0 aromatic carbocycles. The van der Waals surface area contributed by atoms with Gasteiger partial charge in [-0.25, -0.2) is 4.57 Å². The van der Waals surface area contributed by atoms with Crippen LogP contribution in [-0.4, -0.2) is 74.7 Å². The molecule has 0 amide bonds. The highest BCUT2D eigenvalue weighted by Gasteiger charge is 2.23. The minimum absolute atomic E-state index is 0.0900. The number of carbonyl (C=O) groups excluding carboxylic acids is 2. The van der Waals surface area contributed by atoms with E-state index in [-0.39, 0.29) is 25.7 Å². The maximum absolute atomic E-state index is 12.3. The quantitative estimate of drug-likeness (QED) is 0.0159. The number of phosphoric acid groups is 1. The Morgan fingerprint density at radius 2 is 1.24 bits per heavy atom. The molecule has 0 saturated carbocycles. The summed E-state index contributed by atoms with van der Waals surface area (Å²) >= 11 is 0. The summed E-state index contributed by atoms with van der Waals surface area (Å²) in [7, 11) is -4.83. The summed E-state index contributed by atoms with van der Waals surface area (Å²) in [4.78, 5) is 42.7. The topological polar surface area (TPSA) is 180 Å². The van der Waals surface area contributed by atoms with Crippen LogP contribution in [0.5, 0.6) is 0 Å². The molecule has 0 spiro atoms. The minimum Gasteiger partial charge on any atom is -0.462 e. The molecule has 0 bridgehead atoms. The van der Waals surface area contributed by atoms with Gasteiger partial charge in [-0.3, -0.25) is 14.1 Å². The molecule has 0 heterocycles. The van der Waals surface area contributed by atoms with Gasteiger partial charge in [0.1, 0.15) is 6.61 Å². The van der Waals surface area contributed by atoms with Crippen molar-refractivity contribution in [2.24, 2.45) is 5.92 Å². The molecule has 0 aromatic rings. The monoisotopic (exact) mass is 728 g/mol. The lowest BCUT2D eigenvalue weighted by atomic mass is 10.0.